The Balaban J connectivity index is 1.77. The summed E-state index contributed by atoms with van der Waals surface area (Å²) in [6.45, 7) is 1.93. The third-order valence-corrected chi connectivity index (χ3v) is 4.04. The number of H-pyrrole nitrogens is 1. The molecule has 3 N–H and O–H groups in total. The van der Waals surface area contributed by atoms with Crippen molar-refractivity contribution in [3.63, 3.8) is 0 Å². The number of hydrogen-bond acceptors (Lipinski definition) is 2. The van der Waals surface area contributed by atoms with E-state index in [2.05, 4.69) is 10.3 Å². The van der Waals surface area contributed by atoms with Gasteiger partial charge < -0.3 is 15.4 Å². The van der Waals surface area contributed by atoms with Gasteiger partial charge in [0.2, 0.25) is 5.91 Å². The fraction of sp³-hybridized carbons (Fsp3) is 0.375. The highest BCUT2D eigenvalue weighted by Gasteiger charge is 2.37. The lowest BCUT2D eigenvalue weighted by Gasteiger charge is -2.13. The molecule has 1 aliphatic rings. The molecular formula is C16H18N2O3. The maximum absolute atomic E-state index is 12.2. The predicted octanol–water partition coefficient (Wildman–Crippen LogP) is 2.00. The Bertz CT molecular complexity index is 701. The normalized spacial score (nSPS) is 15.9. The monoisotopic (exact) mass is 286 g/mol. The summed E-state index contributed by atoms with van der Waals surface area (Å²) < 4.78 is 0. The molecule has 0 radical (unpaired) electrons. The summed E-state index contributed by atoms with van der Waals surface area (Å²) in [6, 6.07) is 7.06. The van der Waals surface area contributed by atoms with Crippen LogP contribution in [-0.2, 0) is 16.0 Å². The number of nitrogens with one attached hydrogen (secondary N) is 2. The van der Waals surface area contributed by atoms with Crippen molar-refractivity contribution in [1.82, 2.24) is 10.3 Å². The van der Waals surface area contributed by atoms with Gasteiger partial charge in [-0.05, 0) is 37.3 Å². The predicted molar refractivity (Wildman–Crippen MR) is 79.0 cm³/mol. The van der Waals surface area contributed by atoms with Crippen LogP contribution in [0.1, 0.15) is 24.1 Å². The van der Waals surface area contributed by atoms with Crippen molar-refractivity contribution >= 4 is 22.8 Å². The van der Waals surface area contributed by atoms with Crippen molar-refractivity contribution < 1.29 is 14.7 Å². The molecule has 1 aromatic heterocycles. The number of aromatic amines is 1. The number of para-hydroxylation sites is 1. The molecular weight excluding hydrogens is 268 g/mol. The molecule has 1 aliphatic carbocycles. The number of carboxylic acid groups (broad SMARTS) is 1. The number of carbonyl (C=O) groups excluding carboxylic acids is 1. The number of benzene rings is 1. The molecule has 2 aromatic rings. The first-order valence-electron chi connectivity index (χ1n) is 7.14. The third kappa shape index (κ3) is 2.77. The number of aliphatic carboxylic acids is 1. The standard InChI is InChI=1S/C16H18N2O3/c1-9-12(11-4-2-3-5-13(11)17-9)8-14(19)18-15(16(20)21)10-6-7-10/h2-5,10,15,17H,6-8H2,1H3,(H,18,19)(H,20,21). The van der Waals surface area contributed by atoms with E-state index in [9.17, 15) is 9.59 Å². The number of carboxylic acids is 1. The minimum Gasteiger partial charge on any atom is -0.480 e. The van der Waals surface area contributed by atoms with Crippen molar-refractivity contribution in [2.24, 2.45) is 5.92 Å². The fourth-order valence-electron chi connectivity index (χ4n) is 2.76. The van der Waals surface area contributed by atoms with Gasteiger partial charge in [0.15, 0.2) is 0 Å². The number of amides is 1. The molecule has 1 amide bonds. The van der Waals surface area contributed by atoms with Gasteiger partial charge in [0.25, 0.3) is 0 Å². The number of hydrogen-bond donors (Lipinski definition) is 3. The molecule has 0 spiro atoms. The molecule has 1 atom stereocenters. The van der Waals surface area contributed by atoms with Crippen LogP contribution >= 0.6 is 0 Å². The van der Waals surface area contributed by atoms with Crippen LogP contribution in [0.5, 0.6) is 0 Å². The maximum atomic E-state index is 12.2. The van der Waals surface area contributed by atoms with Crippen molar-refractivity contribution in [1.29, 1.82) is 0 Å². The van der Waals surface area contributed by atoms with Gasteiger partial charge in [-0.3, -0.25) is 4.79 Å². The minimum atomic E-state index is -0.943. The number of aromatic nitrogens is 1. The molecule has 0 saturated heterocycles. The van der Waals surface area contributed by atoms with Gasteiger partial charge in [0.1, 0.15) is 6.04 Å². The lowest BCUT2D eigenvalue weighted by Crippen LogP contribution is -2.43. The van der Waals surface area contributed by atoms with E-state index in [1.165, 1.54) is 0 Å². The van der Waals surface area contributed by atoms with E-state index in [0.29, 0.717) is 0 Å². The zero-order valence-electron chi connectivity index (χ0n) is 11.8. The van der Waals surface area contributed by atoms with Crippen molar-refractivity contribution in [2.45, 2.75) is 32.2 Å². The van der Waals surface area contributed by atoms with Crippen LogP contribution in [0.25, 0.3) is 10.9 Å². The summed E-state index contributed by atoms with van der Waals surface area (Å²) in [6.07, 6.45) is 1.96. The summed E-state index contributed by atoms with van der Waals surface area (Å²) in [5.41, 5.74) is 2.88. The molecule has 1 unspecified atom stereocenters. The largest absolute Gasteiger partial charge is 0.480 e. The highest BCUT2D eigenvalue weighted by atomic mass is 16.4. The van der Waals surface area contributed by atoms with E-state index < -0.39 is 12.0 Å². The molecule has 3 rings (SSSR count). The first kappa shape index (κ1) is 13.7. The summed E-state index contributed by atoms with van der Waals surface area (Å²) in [4.78, 5) is 26.6. The zero-order chi connectivity index (χ0) is 15.0. The van der Waals surface area contributed by atoms with Gasteiger partial charge in [-0.2, -0.15) is 0 Å². The van der Waals surface area contributed by atoms with Crippen LogP contribution in [0.15, 0.2) is 24.3 Å². The zero-order valence-corrected chi connectivity index (χ0v) is 11.8. The highest BCUT2D eigenvalue weighted by molar-refractivity contribution is 5.91. The Morgan fingerprint density at radius 1 is 1.38 bits per heavy atom. The van der Waals surface area contributed by atoms with E-state index in [1.807, 2.05) is 31.2 Å². The molecule has 5 nitrogen and oxygen atoms in total. The molecule has 0 aliphatic heterocycles. The lowest BCUT2D eigenvalue weighted by atomic mass is 10.1. The van der Waals surface area contributed by atoms with Crippen LogP contribution in [-0.4, -0.2) is 28.0 Å². The molecule has 1 saturated carbocycles. The van der Waals surface area contributed by atoms with Crippen LogP contribution < -0.4 is 5.32 Å². The first-order valence-corrected chi connectivity index (χ1v) is 7.14. The van der Waals surface area contributed by atoms with Crippen molar-refractivity contribution in [3.05, 3.63) is 35.5 Å². The van der Waals surface area contributed by atoms with Gasteiger partial charge in [-0.15, -0.1) is 0 Å². The topological polar surface area (TPSA) is 82.2 Å². The fourth-order valence-corrected chi connectivity index (χ4v) is 2.76. The molecule has 0 bridgehead atoms. The Hall–Kier alpha value is -2.30. The Morgan fingerprint density at radius 3 is 2.76 bits per heavy atom. The van der Waals surface area contributed by atoms with Gasteiger partial charge in [0, 0.05) is 16.6 Å². The second-order valence-electron chi connectivity index (χ2n) is 5.67. The molecule has 1 fully saturated rings. The second-order valence-corrected chi connectivity index (χ2v) is 5.67. The summed E-state index contributed by atoms with van der Waals surface area (Å²) >= 11 is 0. The van der Waals surface area contributed by atoms with Crippen LogP contribution in [0.4, 0.5) is 0 Å². The Morgan fingerprint density at radius 2 is 2.10 bits per heavy atom. The molecule has 21 heavy (non-hydrogen) atoms. The van der Waals surface area contributed by atoms with Gasteiger partial charge in [-0.1, -0.05) is 18.2 Å². The van der Waals surface area contributed by atoms with Crippen LogP contribution in [0, 0.1) is 12.8 Å². The SMILES string of the molecule is Cc1[nH]c2ccccc2c1CC(=O)NC(C(=O)O)C1CC1. The van der Waals surface area contributed by atoms with Crippen LogP contribution in [0.3, 0.4) is 0 Å². The Labute approximate surface area is 122 Å². The maximum Gasteiger partial charge on any atom is 0.326 e. The lowest BCUT2D eigenvalue weighted by molar-refractivity contribution is -0.142. The van der Waals surface area contributed by atoms with E-state index >= 15 is 0 Å². The smallest absolute Gasteiger partial charge is 0.326 e. The Kier molecular flexibility index (Phi) is 3.41. The average molecular weight is 286 g/mol. The molecule has 1 heterocycles. The average Bonchev–Trinajstić information content (AvgIpc) is 3.22. The number of fused-ring (bicyclic) bond motifs is 1. The molecule has 1 aromatic carbocycles. The summed E-state index contributed by atoms with van der Waals surface area (Å²) in [5.74, 6) is -1.08. The minimum absolute atomic E-state index is 0.0931. The van der Waals surface area contributed by atoms with Gasteiger partial charge in [-0.25, -0.2) is 4.79 Å². The van der Waals surface area contributed by atoms with E-state index in [4.69, 9.17) is 5.11 Å². The number of carbonyl (C=O) groups is 2. The molecule has 5 heteroatoms. The molecule has 110 valence electrons. The second kappa shape index (κ2) is 5.24. The van der Waals surface area contributed by atoms with E-state index in [-0.39, 0.29) is 18.2 Å². The van der Waals surface area contributed by atoms with E-state index in [0.717, 1.165) is 35.0 Å². The summed E-state index contributed by atoms with van der Waals surface area (Å²) in [5, 5.41) is 12.8. The van der Waals surface area contributed by atoms with Gasteiger partial charge >= 0.3 is 5.97 Å². The van der Waals surface area contributed by atoms with Gasteiger partial charge in [0.05, 0.1) is 6.42 Å². The van der Waals surface area contributed by atoms with Crippen molar-refractivity contribution in [3.8, 4) is 0 Å². The van der Waals surface area contributed by atoms with Crippen molar-refractivity contribution in [2.75, 3.05) is 0 Å². The quantitative estimate of drug-likeness (QED) is 0.786. The highest BCUT2D eigenvalue weighted by Crippen LogP contribution is 2.33. The first-order chi connectivity index (χ1) is 10.1. The number of rotatable bonds is 5. The summed E-state index contributed by atoms with van der Waals surface area (Å²) in [7, 11) is 0. The van der Waals surface area contributed by atoms with Crippen LogP contribution in [0.2, 0.25) is 0 Å². The third-order valence-electron chi connectivity index (χ3n) is 4.04. The number of aryl methyl sites for hydroxylation is 1. The van der Waals surface area contributed by atoms with E-state index in [1.54, 1.807) is 0 Å².